The molecule has 4 nitrogen and oxygen atoms in total. The SMILES string of the molecule is [CH2]c1ocnc1C(=O)OCC. The summed E-state index contributed by atoms with van der Waals surface area (Å²) in [7, 11) is 0. The van der Waals surface area contributed by atoms with Gasteiger partial charge in [-0.05, 0) is 6.92 Å². The van der Waals surface area contributed by atoms with Gasteiger partial charge in [-0.2, -0.15) is 0 Å². The molecule has 0 spiro atoms. The Kier molecular flexibility index (Phi) is 2.25. The summed E-state index contributed by atoms with van der Waals surface area (Å²) in [6.07, 6.45) is 1.16. The Hall–Kier alpha value is -1.32. The third-order valence-electron chi connectivity index (χ3n) is 1.11. The third-order valence-corrected chi connectivity index (χ3v) is 1.11. The number of carbonyl (C=O) groups is 1. The number of esters is 1. The van der Waals surface area contributed by atoms with Crippen molar-refractivity contribution >= 4 is 5.97 Å². The predicted molar refractivity (Wildman–Crippen MR) is 36.9 cm³/mol. The second-order valence-corrected chi connectivity index (χ2v) is 1.84. The van der Waals surface area contributed by atoms with E-state index in [2.05, 4.69) is 16.6 Å². The zero-order valence-electron chi connectivity index (χ0n) is 6.16. The number of rotatable bonds is 2. The fourth-order valence-electron chi connectivity index (χ4n) is 0.636. The number of oxazole rings is 1. The molecule has 0 saturated heterocycles. The van der Waals surface area contributed by atoms with Crippen molar-refractivity contribution < 1.29 is 13.9 Å². The van der Waals surface area contributed by atoms with Crippen LogP contribution in [-0.4, -0.2) is 17.6 Å². The summed E-state index contributed by atoms with van der Waals surface area (Å²) in [5, 5.41) is 0. The molecule has 1 aromatic rings. The van der Waals surface area contributed by atoms with Gasteiger partial charge in [-0.15, -0.1) is 0 Å². The van der Waals surface area contributed by atoms with Crippen LogP contribution in [0.5, 0.6) is 0 Å². The van der Waals surface area contributed by atoms with Crippen LogP contribution in [0.4, 0.5) is 0 Å². The molecule has 1 rings (SSSR count). The normalized spacial score (nSPS) is 9.64. The number of hydrogen-bond acceptors (Lipinski definition) is 4. The zero-order chi connectivity index (χ0) is 8.27. The Balaban J connectivity index is 2.76. The number of hydrogen-bond donors (Lipinski definition) is 0. The topological polar surface area (TPSA) is 52.3 Å². The van der Waals surface area contributed by atoms with Crippen LogP contribution >= 0.6 is 0 Å². The highest BCUT2D eigenvalue weighted by Gasteiger charge is 2.13. The van der Waals surface area contributed by atoms with Gasteiger partial charge in [0.25, 0.3) is 0 Å². The molecule has 59 valence electrons. The molecule has 0 amide bonds. The Bertz CT molecular complexity index is 254. The number of nitrogens with zero attached hydrogens (tertiary/aromatic N) is 1. The highest BCUT2D eigenvalue weighted by Crippen LogP contribution is 2.05. The first kappa shape index (κ1) is 7.78. The lowest BCUT2D eigenvalue weighted by Crippen LogP contribution is -2.06. The Labute approximate surface area is 64.2 Å². The van der Waals surface area contributed by atoms with Crippen LogP contribution in [-0.2, 0) is 4.74 Å². The fraction of sp³-hybridized carbons (Fsp3) is 0.286. The molecule has 0 aliphatic rings. The number of aromatic nitrogens is 1. The summed E-state index contributed by atoms with van der Waals surface area (Å²) >= 11 is 0. The molecular weight excluding hydrogens is 146 g/mol. The maximum absolute atomic E-state index is 10.9. The summed E-state index contributed by atoms with van der Waals surface area (Å²) in [6, 6.07) is 0. The summed E-state index contributed by atoms with van der Waals surface area (Å²) in [4.78, 5) is 14.6. The van der Waals surface area contributed by atoms with Crippen molar-refractivity contribution in [3.05, 3.63) is 24.8 Å². The van der Waals surface area contributed by atoms with Crippen LogP contribution < -0.4 is 0 Å². The van der Waals surface area contributed by atoms with Gasteiger partial charge in [-0.1, -0.05) is 0 Å². The molecular formula is C7H8NO3. The van der Waals surface area contributed by atoms with Crippen molar-refractivity contribution in [2.75, 3.05) is 6.61 Å². The van der Waals surface area contributed by atoms with E-state index in [4.69, 9.17) is 4.42 Å². The standard InChI is InChI=1S/C7H8NO3/c1-3-10-7(9)6-5(2)11-4-8-6/h4H,2-3H2,1H3. The minimum atomic E-state index is -0.494. The van der Waals surface area contributed by atoms with Crippen LogP contribution in [0.2, 0.25) is 0 Å². The number of ether oxygens (including phenoxy) is 1. The summed E-state index contributed by atoms with van der Waals surface area (Å²) in [5.74, 6) is -0.255. The zero-order valence-corrected chi connectivity index (χ0v) is 6.16. The van der Waals surface area contributed by atoms with Crippen molar-refractivity contribution in [1.82, 2.24) is 4.98 Å². The average Bonchev–Trinajstić information content (AvgIpc) is 2.36. The van der Waals surface area contributed by atoms with Crippen LogP contribution in [0.25, 0.3) is 0 Å². The van der Waals surface area contributed by atoms with E-state index in [9.17, 15) is 4.79 Å². The quantitative estimate of drug-likeness (QED) is 0.597. The molecule has 0 atom stereocenters. The van der Waals surface area contributed by atoms with Gasteiger partial charge in [0.05, 0.1) is 6.61 Å². The van der Waals surface area contributed by atoms with Crippen molar-refractivity contribution in [3.63, 3.8) is 0 Å². The molecule has 4 heteroatoms. The Morgan fingerprint density at radius 3 is 3.09 bits per heavy atom. The Morgan fingerprint density at radius 2 is 2.64 bits per heavy atom. The van der Waals surface area contributed by atoms with Crippen LogP contribution in [0, 0.1) is 6.92 Å². The van der Waals surface area contributed by atoms with Crippen molar-refractivity contribution in [1.29, 1.82) is 0 Å². The van der Waals surface area contributed by atoms with Gasteiger partial charge in [0.15, 0.2) is 12.1 Å². The largest absolute Gasteiger partial charge is 0.461 e. The molecule has 0 aromatic carbocycles. The van der Waals surface area contributed by atoms with E-state index in [1.807, 2.05) is 0 Å². The minimum absolute atomic E-state index is 0.145. The molecule has 0 aliphatic heterocycles. The van der Waals surface area contributed by atoms with E-state index in [0.717, 1.165) is 6.39 Å². The van der Waals surface area contributed by atoms with Crippen molar-refractivity contribution in [2.45, 2.75) is 6.92 Å². The van der Waals surface area contributed by atoms with Gasteiger partial charge in [0.2, 0.25) is 0 Å². The highest BCUT2D eigenvalue weighted by molar-refractivity contribution is 5.88. The second-order valence-electron chi connectivity index (χ2n) is 1.84. The summed E-state index contributed by atoms with van der Waals surface area (Å²) in [6.45, 7) is 5.50. The van der Waals surface area contributed by atoms with E-state index in [1.165, 1.54) is 0 Å². The first-order chi connectivity index (χ1) is 5.25. The van der Waals surface area contributed by atoms with Crippen LogP contribution in [0.3, 0.4) is 0 Å². The second kappa shape index (κ2) is 3.18. The Morgan fingerprint density at radius 1 is 1.91 bits per heavy atom. The lowest BCUT2D eigenvalue weighted by molar-refractivity contribution is 0.0519. The maximum atomic E-state index is 10.9. The van der Waals surface area contributed by atoms with Gasteiger partial charge in [0, 0.05) is 6.92 Å². The van der Waals surface area contributed by atoms with Gasteiger partial charge in [-0.25, -0.2) is 9.78 Å². The van der Waals surface area contributed by atoms with E-state index in [1.54, 1.807) is 6.92 Å². The molecule has 0 aliphatic carbocycles. The summed E-state index contributed by atoms with van der Waals surface area (Å²) in [5.41, 5.74) is 0.145. The predicted octanol–water partition coefficient (Wildman–Crippen LogP) is 1.03. The molecule has 11 heavy (non-hydrogen) atoms. The fourth-order valence-corrected chi connectivity index (χ4v) is 0.636. The monoisotopic (exact) mass is 154 g/mol. The van der Waals surface area contributed by atoms with Crippen molar-refractivity contribution in [2.24, 2.45) is 0 Å². The van der Waals surface area contributed by atoms with Crippen molar-refractivity contribution in [3.8, 4) is 0 Å². The molecule has 1 radical (unpaired) electrons. The lowest BCUT2D eigenvalue weighted by Gasteiger charge is -1.96. The first-order valence-corrected chi connectivity index (χ1v) is 3.18. The summed E-state index contributed by atoms with van der Waals surface area (Å²) < 4.78 is 9.37. The lowest BCUT2D eigenvalue weighted by atomic mass is 10.4. The first-order valence-electron chi connectivity index (χ1n) is 3.18. The van der Waals surface area contributed by atoms with Gasteiger partial charge < -0.3 is 9.15 Å². The average molecular weight is 154 g/mol. The molecule has 1 heterocycles. The molecule has 0 unspecified atom stereocenters. The van der Waals surface area contributed by atoms with Gasteiger partial charge in [-0.3, -0.25) is 0 Å². The van der Waals surface area contributed by atoms with Gasteiger partial charge >= 0.3 is 5.97 Å². The molecule has 0 bridgehead atoms. The third kappa shape index (κ3) is 1.58. The molecule has 0 N–H and O–H groups in total. The maximum Gasteiger partial charge on any atom is 0.360 e. The molecule has 0 saturated carbocycles. The molecule has 1 aromatic heterocycles. The molecule has 0 fully saturated rings. The van der Waals surface area contributed by atoms with E-state index < -0.39 is 5.97 Å². The van der Waals surface area contributed by atoms with Crippen LogP contribution in [0.1, 0.15) is 23.2 Å². The number of carbonyl (C=O) groups excluding carboxylic acids is 1. The van der Waals surface area contributed by atoms with Gasteiger partial charge in [0.1, 0.15) is 5.76 Å². The smallest absolute Gasteiger partial charge is 0.360 e. The highest BCUT2D eigenvalue weighted by atomic mass is 16.5. The van der Waals surface area contributed by atoms with Crippen LogP contribution in [0.15, 0.2) is 10.8 Å². The van der Waals surface area contributed by atoms with E-state index in [0.29, 0.717) is 6.61 Å². The van der Waals surface area contributed by atoms with E-state index >= 15 is 0 Å². The minimum Gasteiger partial charge on any atom is -0.461 e. The van der Waals surface area contributed by atoms with E-state index in [-0.39, 0.29) is 11.5 Å².